The summed E-state index contributed by atoms with van der Waals surface area (Å²) in [5, 5.41) is 5.53. The maximum Gasteiger partial charge on any atom is 0.410 e. The Morgan fingerprint density at radius 1 is 1.00 bits per heavy atom. The molecule has 1 fully saturated rings. The van der Waals surface area contributed by atoms with Crippen molar-refractivity contribution in [3.63, 3.8) is 0 Å². The number of carbonyl (C=O) groups excluding carboxylic acids is 3. The number of fused-ring (bicyclic) bond motifs is 1. The minimum absolute atomic E-state index is 0.276. The predicted octanol–water partition coefficient (Wildman–Crippen LogP) is 4.23. The zero-order chi connectivity index (χ0) is 24.5. The van der Waals surface area contributed by atoms with Gasteiger partial charge in [0.25, 0.3) is 11.8 Å². The Labute approximate surface area is 207 Å². The van der Waals surface area contributed by atoms with Crippen molar-refractivity contribution in [2.24, 2.45) is 0 Å². The summed E-state index contributed by atoms with van der Waals surface area (Å²) in [5.74, 6) is -0.844. The molecule has 0 atom stereocenters. The SMILES string of the molecule is CC(C)(C)OC(=O)N1CCN(c2ccc(N/C=C3\C(=O)NC(=O)c4ccc(Br)cc43)cc2)CC1. The number of carbonyl (C=O) groups is 3. The molecule has 8 nitrogen and oxygen atoms in total. The van der Waals surface area contributed by atoms with Crippen LogP contribution in [0.15, 0.2) is 53.1 Å². The first-order valence-electron chi connectivity index (χ1n) is 11.1. The summed E-state index contributed by atoms with van der Waals surface area (Å²) in [6.45, 7) is 8.24. The lowest BCUT2D eigenvalue weighted by Gasteiger charge is -2.36. The second kappa shape index (κ2) is 9.50. The largest absolute Gasteiger partial charge is 0.444 e. The van der Waals surface area contributed by atoms with Crippen LogP contribution in [-0.4, -0.2) is 54.6 Å². The smallest absolute Gasteiger partial charge is 0.410 e. The molecule has 4 rings (SSSR count). The van der Waals surface area contributed by atoms with Crippen molar-refractivity contribution in [3.05, 3.63) is 64.3 Å². The number of nitrogens with one attached hydrogen (secondary N) is 2. The number of imide groups is 1. The molecule has 178 valence electrons. The molecule has 2 aromatic carbocycles. The van der Waals surface area contributed by atoms with Crippen LogP contribution in [0, 0.1) is 0 Å². The van der Waals surface area contributed by atoms with Gasteiger partial charge in [-0.3, -0.25) is 14.9 Å². The number of amides is 3. The normalized spacial score (nSPS) is 17.4. The molecule has 2 N–H and O–H groups in total. The summed E-state index contributed by atoms with van der Waals surface area (Å²) in [6.07, 6.45) is 1.34. The van der Waals surface area contributed by atoms with Crippen molar-refractivity contribution in [2.45, 2.75) is 26.4 Å². The zero-order valence-electron chi connectivity index (χ0n) is 19.4. The van der Waals surface area contributed by atoms with Gasteiger partial charge in [-0.1, -0.05) is 15.9 Å². The van der Waals surface area contributed by atoms with Crippen LogP contribution >= 0.6 is 15.9 Å². The van der Waals surface area contributed by atoms with Crippen LogP contribution in [0.25, 0.3) is 5.57 Å². The summed E-state index contributed by atoms with van der Waals surface area (Å²) in [5.41, 5.74) is 2.78. The fourth-order valence-electron chi connectivity index (χ4n) is 3.84. The van der Waals surface area contributed by atoms with E-state index in [1.807, 2.05) is 45.0 Å². The maximum absolute atomic E-state index is 12.4. The molecule has 34 heavy (non-hydrogen) atoms. The second-order valence-electron chi connectivity index (χ2n) is 9.18. The minimum atomic E-state index is -0.501. The number of piperazine rings is 1. The molecule has 9 heteroatoms. The number of hydrogen-bond donors (Lipinski definition) is 2. The molecular formula is C25H27BrN4O4. The van der Waals surface area contributed by atoms with Crippen LogP contribution in [0.2, 0.25) is 0 Å². The first-order valence-corrected chi connectivity index (χ1v) is 11.9. The maximum atomic E-state index is 12.4. The Hall–Kier alpha value is -3.33. The van der Waals surface area contributed by atoms with Crippen LogP contribution in [0.5, 0.6) is 0 Å². The van der Waals surface area contributed by atoms with Crippen LogP contribution in [0.3, 0.4) is 0 Å². The van der Waals surface area contributed by atoms with Crippen LogP contribution in [0.4, 0.5) is 16.2 Å². The van der Waals surface area contributed by atoms with E-state index >= 15 is 0 Å². The molecule has 0 bridgehead atoms. The fourth-order valence-corrected chi connectivity index (χ4v) is 4.20. The number of anilines is 2. The van der Waals surface area contributed by atoms with Gasteiger partial charge < -0.3 is 19.9 Å². The van der Waals surface area contributed by atoms with Crippen molar-refractivity contribution in [2.75, 3.05) is 36.4 Å². The highest BCUT2D eigenvalue weighted by molar-refractivity contribution is 9.10. The van der Waals surface area contributed by atoms with E-state index in [1.54, 1.807) is 29.3 Å². The lowest BCUT2D eigenvalue weighted by atomic mass is 9.95. The van der Waals surface area contributed by atoms with E-state index in [0.717, 1.165) is 28.9 Å². The molecule has 2 aromatic rings. The molecule has 0 aliphatic carbocycles. The first kappa shape index (κ1) is 23.8. The molecule has 2 heterocycles. The van der Waals surface area contributed by atoms with Gasteiger partial charge in [0.05, 0.1) is 5.57 Å². The molecule has 3 amide bonds. The van der Waals surface area contributed by atoms with Crippen LogP contribution in [-0.2, 0) is 9.53 Å². The Kier molecular flexibility index (Phi) is 6.65. The molecule has 0 spiro atoms. The Morgan fingerprint density at radius 2 is 1.68 bits per heavy atom. The summed E-state index contributed by atoms with van der Waals surface area (Å²) in [4.78, 5) is 40.7. The van der Waals surface area contributed by atoms with Gasteiger partial charge in [0, 0.05) is 59.4 Å². The summed E-state index contributed by atoms with van der Waals surface area (Å²) in [7, 11) is 0. The van der Waals surface area contributed by atoms with Gasteiger partial charge in [-0.25, -0.2) is 4.79 Å². The quantitative estimate of drug-likeness (QED) is 0.459. The minimum Gasteiger partial charge on any atom is -0.444 e. The number of rotatable bonds is 3. The Balaban J connectivity index is 1.40. The standard InChI is InChI=1S/C25H27BrN4O4/c1-25(2,3)34-24(33)30-12-10-29(11-13-30)18-7-5-17(6-8-18)27-15-21-20-14-16(26)4-9-19(20)22(31)28-23(21)32/h4-9,14-15,27H,10-13H2,1-3H3,(H,28,31,32)/b21-15-. The highest BCUT2D eigenvalue weighted by Gasteiger charge is 2.28. The van der Waals surface area contributed by atoms with Gasteiger partial charge in [0.1, 0.15) is 5.60 Å². The zero-order valence-corrected chi connectivity index (χ0v) is 20.9. The summed E-state index contributed by atoms with van der Waals surface area (Å²) >= 11 is 3.40. The lowest BCUT2D eigenvalue weighted by molar-refractivity contribution is -0.114. The van der Waals surface area contributed by atoms with Crippen molar-refractivity contribution in [1.82, 2.24) is 10.2 Å². The first-order chi connectivity index (χ1) is 16.1. The number of halogens is 1. The van der Waals surface area contributed by atoms with E-state index in [1.165, 1.54) is 0 Å². The average molecular weight is 527 g/mol. The van der Waals surface area contributed by atoms with E-state index in [4.69, 9.17) is 4.74 Å². The summed E-state index contributed by atoms with van der Waals surface area (Å²) < 4.78 is 6.25. The van der Waals surface area contributed by atoms with Gasteiger partial charge in [-0.05, 0) is 63.2 Å². The van der Waals surface area contributed by atoms with Gasteiger partial charge in [-0.2, -0.15) is 0 Å². The van der Waals surface area contributed by atoms with Crippen molar-refractivity contribution in [1.29, 1.82) is 0 Å². The van der Waals surface area contributed by atoms with Gasteiger partial charge >= 0.3 is 6.09 Å². The van der Waals surface area contributed by atoms with E-state index in [-0.39, 0.29) is 6.09 Å². The van der Waals surface area contributed by atoms with Crippen LogP contribution < -0.4 is 15.5 Å². The monoisotopic (exact) mass is 526 g/mol. The third-order valence-electron chi connectivity index (χ3n) is 5.54. The van der Waals surface area contributed by atoms with Crippen molar-refractivity contribution in [3.8, 4) is 0 Å². The molecule has 0 saturated carbocycles. The number of ether oxygens (including phenoxy) is 1. The van der Waals surface area contributed by atoms with E-state index in [9.17, 15) is 14.4 Å². The van der Waals surface area contributed by atoms with E-state index in [2.05, 4.69) is 31.5 Å². The molecule has 0 aromatic heterocycles. The third kappa shape index (κ3) is 5.41. The van der Waals surface area contributed by atoms with Gasteiger partial charge in [-0.15, -0.1) is 0 Å². The van der Waals surface area contributed by atoms with E-state index < -0.39 is 17.4 Å². The number of benzene rings is 2. The van der Waals surface area contributed by atoms with Crippen LogP contribution in [0.1, 0.15) is 36.7 Å². The van der Waals surface area contributed by atoms with Gasteiger partial charge in [0.2, 0.25) is 0 Å². The van der Waals surface area contributed by atoms with Gasteiger partial charge in [0.15, 0.2) is 0 Å². The highest BCUT2D eigenvalue weighted by atomic mass is 79.9. The molecule has 0 radical (unpaired) electrons. The number of nitrogens with zero attached hydrogens (tertiary/aromatic N) is 2. The lowest BCUT2D eigenvalue weighted by Crippen LogP contribution is -2.50. The Morgan fingerprint density at radius 3 is 2.32 bits per heavy atom. The predicted molar refractivity (Wildman–Crippen MR) is 135 cm³/mol. The van der Waals surface area contributed by atoms with Crippen molar-refractivity contribution >= 4 is 50.8 Å². The fraction of sp³-hybridized carbons (Fsp3) is 0.320. The second-order valence-corrected chi connectivity index (χ2v) is 10.1. The molecule has 2 aliphatic rings. The number of hydrogen-bond acceptors (Lipinski definition) is 6. The molecule has 0 unspecified atom stereocenters. The van der Waals surface area contributed by atoms with E-state index in [0.29, 0.717) is 29.8 Å². The molecular weight excluding hydrogens is 500 g/mol. The molecule has 1 saturated heterocycles. The topological polar surface area (TPSA) is 91.0 Å². The summed E-state index contributed by atoms with van der Waals surface area (Å²) in [6, 6.07) is 13.1. The average Bonchev–Trinajstić information content (AvgIpc) is 2.78. The highest BCUT2D eigenvalue weighted by Crippen LogP contribution is 2.28. The third-order valence-corrected chi connectivity index (χ3v) is 6.03. The molecule has 2 aliphatic heterocycles. The Bertz CT molecular complexity index is 1150. The van der Waals surface area contributed by atoms with Crippen molar-refractivity contribution < 1.29 is 19.1 Å².